The molecule has 0 nitrogen and oxygen atoms in total. The summed E-state index contributed by atoms with van der Waals surface area (Å²) in [7, 11) is 0. The molecule has 0 rings (SSSR count). The molecule has 0 heterocycles. The molecule has 6 heteroatoms. The van der Waals surface area contributed by atoms with Crippen molar-refractivity contribution in [2.24, 2.45) is 5.41 Å². The molecule has 108 valence electrons. The molecule has 0 aromatic carbocycles. The van der Waals surface area contributed by atoms with E-state index in [0.29, 0.717) is 0 Å². The summed E-state index contributed by atoms with van der Waals surface area (Å²) in [5.41, 5.74) is -3.62. The predicted octanol–water partition coefficient (Wildman–Crippen LogP) is 5.97. The fraction of sp³-hybridized carbons (Fsp3) is 1.00. The summed E-state index contributed by atoms with van der Waals surface area (Å²) >= 11 is 0. The van der Waals surface area contributed by atoms with Crippen LogP contribution in [0.5, 0.6) is 0 Å². The van der Waals surface area contributed by atoms with Crippen molar-refractivity contribution in [1.29, 1.82) is 0 Å². The molecule has 0 amide bonds. The first kappa shape index (κ1) is 21.8. The normalized spacial score (nSPS) is 12.0. The molecule has 0 aromatic rings. The van der Waals surface area contributed by atoms with Crippen LogP contribution in [0, 0.1) is 5.41 Å². The van der Waals surface area contributed by atoms with Gasteiger partial charge < -0.3 is 0 Å². The lowest BCUT2D eigenvalue weighted by atomic mass is 9.92. The van der Waals surface area contributed by atoms with Crippen LogP contribution in [0.1, 0.15) is 54.4 Å². The first-order valence-corrected chi connectivity index (χ1v) is 5.46. The Morgan fingerprint density at radius 1 is 0.588 bits per heavy atom. The summed E-state index contributed by atoms with van der Waals surface area (Å²) in [5.74, 6) is 0. The third-order valence-electron chi connectivity index (χ3n) is 1.42. The van der Waals surface area contributed by atoms with Crippen molar-refractivity contribution in [2.45, 2.75) is 66.7 Å². The molecule has 0 aromatic heterocycles. The fourth-order valence-corrected chi connectivity index (χ4v) is 0.161. The largest absolute Gasteiger partial charge is 0.402 e. The molecule has 0 aliphatic carbocycles. The standard InChI is InChI=1S/C5H6F6.2C3H8/c1-3(2,4(6,7)8)5(9,10)11;2*1-3-2/h1-2H3;2*3H2,1-2H3. The minimum Gasteiger partial charge on any atom is -0.170 e. The molecule has 0 saturated heterocycles. The Hall–Kier alpha value is -0.420. The van der Waals surface area contributed by atoms with Crippen LogP contribution in [-0.4, -0.2) is 12.4 Å². The number of hydrogen-bond acceptors (Lipinski definition) is 0. The Kier molecular flexibility index (Phi) is 11.1. The van der Waals surface area contributed by atoms with Crippen LogP contribution < -0.4 is 0 Å². The molecular formula is C11H22F6. The molecular weight excluding hydrogens is 246 g/mol. The molecule has 0 fully saturated rings. The van der Waals surface area contributed by atoms with E-state index < -0.39 is 17.8 Å². The lowest BCUT2D eigenvalue weighted by Crippen LogP contribution is -2.44. The summed E-state index contributed by atoms with van der Waals surface area (Å²) < 4.78 is 69.7. The maximum absolute atomic E-state index is 11.6. The number of alkyl halides is 6. The van der Waals surface area contributed by atoms with Gasteiger partial charge in [0, 0.05) is 0 Å². The van der Waals surface area contributed by atoms with Gasteiger partial charge in [-0.1, -0.05) is 40.5 Å². The molecule has 17 heavy (non-hydrogen) atoms. The van der Waals surface area contributed by atoms with Crippen LogP contribution in [0.3, 0.4) is 0 Å². The molecule has 0 aliphatic heterocycles. The van der Waals surface area contributed by atoms with Crippen LogP contribution in [0.2, 0.25) is 0 Å². The Morgan fingerprint density at radius 2 is 0.706 bits per heavy atom. The summed E-state index contributed by atoms with van der Waals surface area (Å²) in [4.78, 5) is 0. The molecule has 0 N–H and O–H groups in total. The molecule has 0 unspecified atom stereocenters. The van der Waals surface area contributed by atoms with Gasteiger partial charge in [-0.25, -0.2) is 0 Å². The van der Waals surface area contributed by atoms with E-state index in [0.717, 1.165) is 0 Å². The van der Waals surface area contributed by atoms with Crippen LogP contribution in [0.15, 0.2) is 0 Å². The quantitative estimate of drug-likeness (QED) is 0.475. The highest BCUT2D eigenvalue weighted by Gasteiger charge is 2.64. The van der Waals surface area contributed by atoms with E-state index >= 15 is 0 Å². The first-order chi connectivity index (χ1) is 7.33. The van der Waals surface area contributed by atoms with Crippen molar-refractivity contribution in [2.75, 3.05) is 0 Å². The third kappa shape index (κ3) is 9.30. The van der Waals surface area contributed by atoms with Gasteiger partial charge in [-0.15, -0.1) is 0 Å². The fourth-order valence-electron chi connectivity index (χ4n) is 0.161. The van der Waals surface area contributed by atoms with Gasteiger partial charge in [0.2, 0.25) is 0 Å². The summed E-state index contributed by atoms with van der Waals surface area (Å²) in [6.45, 7) is 8.71. The van der Waals surface area contributed by atoms with Crippen molar-refractivity contribution in [3.05, 3.63) is 0 Å². The molecule has 0 atom stereocenters. The second-order valence-corrected chi connectivity index (χ2v) is 4.03. The zero-order chi connectivity index (χ0) is 14.9. The van der Waals surface area contributed by atoms with Crippen LogP contribution in [0.4, 0.5) is 26.3 Å². The zero-order valence-electron chi connectivity index (χ0n) is 11.2. The van der Waals surface area contributed by atoms with Gasteiger partial charge in [0.15, 0.2) is 5.41 Å². The van der Waals surface area contributed by atoms with Crippen molar-refractivity contribution < 1.29 is 26.3 Å². The van der Waals surface area contributed by atoms with Crippen LogP contribution in [-0.2, 0) is 0 Å². The van der Waals surface area contributed by atoms with Crippen LogP contribution in [0.25, 0.3) is 0 Å². The minimum absolute atomic E-state index is 0.104. The van der Waals surface area contributed by atoms with Crippen LogP contribution >= 0.6 is 0 Å². The highest BCUT2D eigenvalue weighted by atomic mass is 19.4. The Bertz CT molecular complexity index is 148. The van der Waals surface area contributed by atoms with Crippen molar-refractivity contribution >= 4 is 0 Å². The van der Waals surface area contributed by atoms with Gasteiger partial charge in [-0.05, 0) is 13.8 Å². The molecule has 0 spiro atoms. The SMILES string of the molecule is CC(C)(C(F)(F)F)C(F)(F)F.CCC.CCC. The summed E-state index contributed by atoms with van der Waals surface area (Å²) in [6, 6.07) is 0. The van der Waals surface area contributed by atoms with Crippen molar-refractivity contribution in [3.63, 3.8) is 0 Å². The second kappa shape index (κ2) is 8.64. The number of rotatable bonds is 0. The Labute approximate surface area is 99.4 Å². The van der Waals surface area contributed by atoms with Gasteiger partial charge in [0.1, 0.15) is 0 Å². The topological polar surface area (TPSA) is 0 Å². The van der Waals surface area contributed by atoms with Gasteiger partial charge in [0.05, 0.1) is 0 Å². The Morgan fingerprint density at radius 3 is 0.706 bits per heavy atom. The van der Waals surface area contributed by atoms with E-state index in [1.807, 2.05) is 0 Å². The van der Waals surface area contributed by atoms with E-state index in [1.54, 1.807) is 0 Å². The third-order valence-corrected chi connectivity index (χ3v) is 1.42. The average molecular weight is 268 g/mol. The van der Waals surface area contributed by atoms with E-state index in [2.05, 4.69) is 27.7 Å². The van der Waals surface area contributed by atoms with Gasteiger partial charge in [-0.3, -0.25) is 0 Å². The predicted molar refractivity (Wildman–Crippen MR) is 57.8 cm³/mol. The van der Waals surface area contributed by atoms with Crippen molar-refractivity contribution in [1.82, 2.24) is 0 Å². The van der Waals surface area contributed by atoms with Gasteiger partial charge in [0.25, 0.3) is 0 Å². The minimum atomic E-state index is -5.24. The number of hydrogen-bond donors (Lipinski definition) is 0. The maximum Gasteiger partial charge on any atom is 0.402 e. The second-order valence-electron chi connectivity index (χ2n) is 4.03. The van der Waals surface area contributed by atoms with E-state index in [-0.39, 0.29) is 13.8 Å². The average Bonchev–Trinajstić information content (AvgIpc) is 2.02. The highest BCUT2D eigenvalue weighted by Crippen LogP contribution is 2.49. The molecule has 0 aliphatic rings. The van der Waals surface area contributed by atoms with Gasteiger partial charge in [-0.2, -0.15) is 26.3 Å². The number of halogens is 6. The maximum atomic E-state index is 11.6. The zero-order valence-corrected chi connectivity index (χ0v) is 11.2. The van der Waals surface area contributed by atoms with E-state index in [4.69, 9.17) is 0 Å². The highest BCUT2D eigenvalue weighted by molar-refractivity contribution is 4.84. The molecule has 0 bridgehead atoms. The lowest BCUT2D eigenvalue weighted by Gasteiger charge is -2.29. The monoisotopic (exact) mass is 268 g/mol. The smallest absolute Gasteiger partial charge is 0.170 e. The van der Waals surface area contributed by atoms with E-state index in [1.165, 1.54) is 12.8 Å². The summed E-state index contributed by atoms with van der Waals surface area (Å²) in [5, 5.41) is 0. The summed E-state index contributed by atoms with van der Waals surface area (Å²) in [6.07, 6.45) is -7.99. The first-order valence-electron chi connectivity index (χ1n) is 5.46. The Balaban J connectivity index is -0.000000273. The van der Waals surface area contributed by atoms with Crippen molar-refractivity contribution in [3.8, 4) is 0 Å². The molecule has 0 radical (unpaired) electrons. The van der Waals surface area contributed by atoms with Gasteiger partial charge >= 0.3 is 12.4 Å². The molecule has 0 saturated carbocycles. The van der Waals surface area contributed by atoms with E-state index in [9.17, 15) is 26.3 Å². The lowest BCUT2D eigenvalue weighted by molar-refractivity contribution is -0.327.